The van der Waals surface area contributed by atoms with Crippen molar-refractivity contribution >= 4 is 29.1 Å². The Labute approximate surface area is 181 Å². The first-order chi connectivity index (χ1) is 14.5. The fourth-order valence-corrected chi connectivity index (χ4v) is 4.20. The van der Waals surface area contributed by atoms with Crippen molar-refractivity contribution in [2.75, 3.05) is 37.6 Å². The molecule has 2 aromatic rings. The van der Waals surface area contributed by atoms with E-state index in [1.165, 1.54) is 0 Å². The lowest BCUT2D eigenvalue weighted by Crippen LogP contribution is -2.50. The number of amides is 2. The van der Waals surface area contributed by atoms with Crippen molar-refractivity contribution in [1.29, 1.82) is 5.26 Å². The second kappa shape index (κ2) is 8.86. The van der Waals surface area contributed by atoms with Crippen LogP contribution in [0, 0.1) is 17.2 Å². The Balaban J connectivity index is 1.30. The number of anilines is 1. The molecule has 2 aliphatic heterocycles. The topological polar surface area (TPSA) is 67.6 Å². The summed E-state index contributed by atoms with van der Waals surface area (Å²) in [5.74, 6) is -0.244. The lowest BCUT2D eigenvalue weighted by molar-refractivity contribution is -0.137. The van der Waals surface area contributed by atoms with Crippen LogP contribution in [0.3, 0.4) is 0 Å². The molecule has 0 aromatic heterocycles. The Morgan fingerprint density at radius 2 is 1.70 bits per heavy atom. The van der Waals surface area contributed by atoms with Crippen LogP contribution in [0.4, 0.5) is 5.69 Å². The molecule has 4 rings (SSSR count). The lowest BCUT2D eigenvalue weighted by atomic mass is 10.1. The fourth-order valence-electron chi connectivity index (χ4n) is 4.07. The summed E-state index contributed by atoms with van der Waals surface area (Å²) in [6.45, 7) is 4.16. The summed E-state index contributed by atoms with van der Waals surface area (Å²) in [4.78, 5) is 31.3. The monoisotopic (exact) mass is 422 g/mol. The van der Waals surface area contributed by atoms with Crippen molar-refractivity contribution in [3.8, 4) is 6.07 Å². The lowest BCUT2D eigenvalue weighted by Gasteiger charge is -2.36. The quantitative estimate of drug-likeness (QED) is 0.759. The predicted octanol–water partition coefficient (Wildman–Crippen LogP) is 2.91. The van der Waals surface area contributed by atoms with Crippen LogP contribution in [0.25, 0.3) is 0 Å². The van der Waals surface area contributed by atoms with Gasteiger partial charge in [0.05, 0.1) is 17.6 Å². The van der Waals surface area contributed by atoms with Crippen molar-refractivity contribution in [2.45, 2.75) is 13.0 Å². The number of benzene rings is 2. The summed E-state index contributed by atoms with van der Waals surface area (Å²) < 4.78 is 0. The summed E-state index contributed by atoms with van der Waals surface area (Å²) in [6, 6.07) is 16.9. The summed E-state index contributed by atoms with van der Waals surface area (Å²) in [6.07, 6.45) is 0.257. The summed E-state index contributed by atoms with van der Waals surface area (Å²) in [5.41, 5.74) is 2.61. The van der Waals surface area contributed by atoms with E-state index in [1.54, 1.807) is 17.0 Å². The van der Waals surface area contributed by atoms with Crippen molar-refractivity contribution in [3.63, 3.8) is 0 Å². The number of hydrogen-bond donors (Lipinski definition) is 0. The van der Waals surface area contributed by atoms with Crippen LogP contribution < -0.4 is 4.90 Å². The normalized spacial score (nSPS) is 19.7. The number of carbonyl (C=O) groups excluding carboxylic acids is 2. The Hall–Kier alpha value is -2.88. The van der Waals surface area contributed by atoms with Crippen LogP contribution in [0.2, 0.25) is 5.02 Å². The molecular weight excluding hydrogens is 400 g/mol. The number of rotatable bonds is 4. The molecule has 154 valence electrons. The molecule has 2 heterocycles. The molecule has 2 aliphatic rings. The standard InChI is InChI=1S/C23H23ClN4O2/c24-20-5-7-21(8-6-20)28-16-19(13-22(28)29)23(30)27-11-9-26(10-12-27)15-18-3-1-17(14-25)2-4-18/h1-8,19H,9-13,15-16H2. The third-order valence-corrected chi connectivity index (χ3v) is 6.04. The molecule has 2 saturated heterocycles. The molecule has 0 aliphatic carbocycles. The molecule has 2 aromatic carbocycles. The smallest absolute Gasteiger partial charge is 0.228 e. The van der Waals surface area contributed by atoms with Crippen molar-refractivity contribution in [2.24, 2.45) is 5.92 Å². The summed E-state index contributed by atoms with van der Waals surface area (Å²) in [7, 11) is 0. The highest BCUT2D eigenvalue weighted by Gasteiger charge is 2.37. The third-order valence-electron chi connectivity index (χ3n) is 5.79. The maximum atomic E-state index is 13.0. The highest BCUT2D eigenvalue weighted by Crippen LogP contribution is 2.27. The van der Waals surface area contributed by atoms with Crippen LogP contribution in [-0.4, -0.2) is 54.3 Å². The highest BCUT2D eigenvalue weighted by molar-refractivity contribution is 6.30. The number of nitriles is 1. The van der Waals surface area contributed by atoms with Gasteiger partial charge in [0.25, 0.3) is 0 Å². The van der Waals surface area contributed by atoms with E-state index in [2.05, 4.69) is 11.0 Å². The highest BCUT2D eigenvalue weighted by atomic mass is 35.5. The van der Waals surface area contributed by atoms with Gasteiger partial charge in [-0.15, -0.1) is 0 Å². The van der Waals surface area contributed by atoms with Gasteiger partial charge in [-0.1, -0.05) is 23.7 Å². The average Bonchev–Trinajstić information content (AvgIpc) is 3.16. The van der Waals surface area contributed by atoms with E-state index in [0.29, 0.717) is 30.2 Å². The maximum Gasteiger partial charge on any atom is 0.228 e. The largest absolute Gasteiger partial charge is 0.340 e. The van der Waals surface area contributed by atoms with Crippen molar-refractivity contribution < 1.29 is 9.59 Å². The van der Waals surface area contributed by atoms with Gasteiger partial charge in [0.2, 0.25) is 11.8 Å². The van der Waals surface area contributed by atoms with Gasteiger partial charge in [0, 0.05) is 56.4 Å². The third kappa shape index (κ3) is 4.48. The zero-order valence-electron chi connectivity index (χ0n) is 16.6. The molecular formula is C23H23ClN4O2. The van der Waals surface area contributed by atoms with E-state index in [9.17, 15) is 9.59 Å². The second-order valence-electron chi connectivity index (χ2n) is 7.79. The van der Waals surface area contributed by atoms with Gasteiger partial charge in [-0.3, -0.25) is 14.5 Å². The van der Waals surface area contributed by atoms with Gasteiger partial charge in [-0.05, 0) is 42.0 Å². The first kappa shape index (κ1) is 20.4. The van der Waals surface area contributed by atoms with Crippen LogP contribution in [0.5, 0.6) is 0 Å². The first-order valence-electron chi connectivity index (χ1n) is 10.1. The zero-order valence-corrected chi connectivity index (χ0v) is 17.4. The molecule has 0 saturated carbocycles. The van der Waals surface area contributed by atoms with Gasteiger partial charge >= 0.3 is 0 Å². The van der Waals surface area contributed by atoms with E-state index in [1.807, 2.05) is 41.3 Å². The molecule has 6 nitrogen and oxygen atoms in total. The SMILES string of the molecule is N#Cc1ccc(CN2CCN(C(=O)C3CC(=O)N(c4ccc(Cl)cc4)C3)CC2)cc1. The molecule has 0 radical (unpaired) electrons. The fraction of sp³-hybridized carbons (Fsp3) is 0.348. The molecule has 1 atom stereocenters. The Bertz CT molecular complexity index is 960. The van der Waals surface area contributed by atoms with E-state index in [0.717, 1.165) is 30.9 Å². The zero-order chi connectivity index (χ0) is 21.1. The van der Waals surface area contributed by atoms with E-state index in [4.69, 9.17) is 16.9 Å². The van der Waals surface area contributed by atoms with E-state index < -0.39 is 0 Å². The molecule has 0 bridgehead atoms. The van der Waals surface area contributed by atoms with Gasteiger partial charge in [0.1, 0.15) is 0 Å². The van der Waals surface area contributed by atoms with Crippen molar-refractivity contribution in [1.82, 2.24) is 9.80 Å². The molecule has 2 fully saturated rings. The van der Waals surface area contributed by atoms with Crippen LogP contribution >= 0.6 is 11.6 Å². The molecule has 30 heavy (non-hydrogen) atoms. The summed E-state index contributed by atoms with van der Waals surface area (Å²) in [5, 5.41) is 9.52. The van der Waals surface area contributed by atoms with Gasteiger partial charge in [-0.2, -0.15) is 5.26 Å². The maximum absolute atomic E-state index is 13.0. The molecule has 2 amide bonds. The van der Waals surface area contributed by atoms with Crippen LogP contribution in [0.15, 0.2) is 48.5 Å². The first-order valence-corrected chi connectivity index (χ1v) is 10.5. The molecule has 0 spiro atoms. The molecule has 7 heteroatoms. The Kier molecular flexibility index (Phi) is 6.03. The van der Waals surface area contributed by atoms with Crippen molar-refractivity contribution in [3.05, 3.63) is 64.7 Å². The summed E-state index contributed by atoms with van der Waals surface area (Å²) >= 11 is 5.93. The minimum absolute atomic E-state index is 0.0184. The van der Waals surface area contributed by atoms with Crippen LogP contribution in [-0.2, 0) is 16.1 Å². The van der Waals surface area contributed by atoms with E-state index in [-0.39, 0.29) is 24.2 Å². The Morgan fingerprint density at radius 1 is 1.03 bits per heavy atom. The van der Waals surface area contributed by atoms with Gasteiger partial charge < -0.3 is 9.80 Å². The second-order valence-corrected chi connectivity index (χ2v) is 8.23. The predicted molar refractivity (Wildman–Crippen MR) is 115 cm³/mol. The molecule has 0 N–H and O–H groups in total. The molecule has 1 unspecified atom stereocenters. The average molecular weight is 423 g/mol. The number of hydrogen-bond acceptors (Lipinski definition) is 4. The van der Waals surface area contributed by atoms with Gasteiger partial charge in [-0.25, -0.2) is 0 Å². The van der Waals surface area contributed by atoms with Crippen LogP contribution in [0.1, 0.15) is 17.5 Å². The number of halogens is 1. The minimum atomic E-state index is -0.293. The minimum Gasteiger partial charge on any atom is -0.340 e. The van der Waals surface area contributed by atoms with Gasteiger partial charge in [0.15, 0.2) is 0 Å². The Morgan fingerprint density at radius 3 is 2.33 bits per heavy atom. The number of carbonyl (C=O) groups is 2. The van der Waals surface area contributed by atoms with E-state index >= 15 is 0 Å². The number of piperazine rings is 1. The number of nitrogens with zero attached hydrogens (tertiary/aromatic N) is 4.